The Kier molecular flexibility index (Phi) is 6.23. The Labute approximate surface area is 167 Å². The van der Waals surface area contributed by atoms with Crippen LogP contribution < -0.4 is 4.74 Å². The van der Waals surface area contributed by atoms with Gasteiger partial charge >= 0.3 is 5.97 Å². The second-order valence-corrected chi connectivity index (χ2v) is 6.46. The average Bonchev–Trinajstić information content (AvgIpc) is 3.07. The van der Waals surface area contributed by atoms with Gasteiger partial charge in [0.05, 0.1) is 17.1 Å². The van der Waals surface area contributed by atoms with Crippen LogP contribution in [-0.4, -0.2) is 28.3 Å². The molecule has 1 aliphatic rings. The van der Waals surface area contributed by atoms with E-state index >= 15 is 0 Å². The third-order valence-corrected chi connectivity index (χ3v) is 4.36. The molecule has 8 heteroatoms. The molecule has 3 rings (SSSR count). The minimum absolute atomic E-state index is 0.0948. The molecule has 0 saturated carbocycles. The highest BCUT2D eigenvalue weighted by Gasteiger charge is 2.27. The van der Waals surface area contributed by atoms with Gasteiger partial charge in [-0.15, -0.1) is 0 Å². The van der Waals surface area contributed by atoms with Crippen LogP contribution in [0.2, 0.25) is 0 Å². The molecule has 8 nitrogen and oxygen atoms in total. The van der Waals surface area contributed by atoms with Gasteiger partial charge in [0, 0.05) is 23.3 Å². The number of aromatic hydroxyl groups is 1. The van der Waals surface area contributed by atoms with Crippen molar-refractivity contribution < 1.29 is 24.4 Å². The zero-order chi connectivity index (χ0) is 20.8. The summed E-state index contributed by atoms with van der Waals surface area (Å²) in [6, 6.07) is 10.6. The van der Waals surface area contributed by atoms with Gasteiger partial charge in [0.15, 0.2) is 0 Å². The molecule has 0 aromatic heterocycles. The van der Waals surface area contributed by atoms with Gasteiger partial charge in [0.1, 0.15) is 17.2 Å². The molecule has 2 aromatic rings. The first-order valence-electron chi connectivity index (χ1n) is 9.21. The normalized spacial score (nSPS) is 14.6. The molecule has 2 aromatic carbocycles. The minimum Gasteiger partial charge on any atom is -0.507 e. The van der Waals surface area contributed by atoms with Crippen LogP contribution in [0.25, 0.3) is 6.08 Å². The number of carbonyl (C=O) groups is 1. The molecule has 150 valence electrons. The number of rotatable bonds is 8. The van der Waals surface area contributed by atoms with Crippen LogP contribution in [0.3, 0.4) is 0 Å². The number of nitro benzene ring substituents is 1. The molecule has 0 aliphatic carbocycles. The van der Waals surface area contributed by atoms with Crippen LogP contribution in [0.5, 0.6) is 11.5 Å². The van der Waals surface area contributed by atoms with E-state index < -0.39 is 10.9 Å². The maximum Gasteiger partial charge on any atom is 0.368 e. The number of hydrogen-bond donors (Lipinski definition) is 1. The van der Waals surface area contributed by atoms with Gasteiger partial charge in [0.25, 0.3) is 5.69 Å². The number of benzene rings is 2. The number of unbranched alkanes of at least 4 members (excludes halogenated alkanes) is 2. The van der Waals surface area contributed by atoms with Gasteiger partial charge in [-0.05, 0) is 42.8 Å². The van der Waals surface area contributed by atoms with Gasteiger partial charge in [-0.25, -0.2) is 4.79 Å². The van der Waals surface area contributed by atoms with Crippen molar-refractivity contribution >= 4 is 23.4 Å². The van der Waals surface area contributed by atoms with Crippen LogP contribution in [-0.2, 0) is 9.63 Å². The number of phenolic OH excluding ortho intramolecular Hbond substituents is 1. The van der Waals surface area contributed by atoms with E-state index in [4.69, 9.17) is 9.57 Å². The molecule has 1 N–H and O–H groups in total. The van der Waals surface area contributed by atoms with Crippen molar-refractivity contribution in [2.75, 3.05) is 6.61 Å². The summed E-state index contributed by atoms with van der Waals surface area (Å²) in [5, 5.41) is 24.8. The van der Waals surface area contributed by atoms with Gasteiger partial charge < -0.3 is 14.7 Å². The van der Waals surface area contributed by atoms with E-state index in [1.54, 1.807) is 24.3 Å². The van der Waals surface area contributed by atoms with E-state index in [2.05, 4.69) is 12.1 Å². The first-order valence-corrected chi connectivity index (χ1v) is 9.21. The number of hydrogen-bond acceptors (Lipinski definition) is 7. The van der Waals surface area contributed by atoms with Crippen molar-refractivity contribution in [2.24, 2.45) is 5.16 Å². The number of non-ortho nitro benzene ring substituents is 1. The molecule has 0 atom stereocenters. The van der Waals surface area contributed by atoms with Crippen LogP contribution >= 0.6 is 0 Å². The number of nitrogens with zero attached hydrogens (tertiary/aromatic N) is 2. The highest BCUT2D eigenvalue weighted by molar-refractivity contribution is 6.31. The zero-order valence-corrected chi connectivity index (χ0v) is 15.8. The molecule has 1 aliphatic heterocycles. The summed E-state index contributed by atoms with van der Waals surface area (Å²) < 4.78 is 5.67. The predicted molar refractivity (Wildman–Crippen MR) is 107 cm³/mol. The zero-order valence-electron chi connectivity index (χ0n) is 15.8. The summed E-state index contributed by atoms with van der Waals surface area (Å²) in [5.74, 6) is -0.193. The van der Waals surface area contributed by atoms with Crippen molar-refractivity contribution in [3.8, 4) is 11.5 Å². The smallest absolute Gasteiger partial charge is 0.368 e. The van der Waals surface area contributed by atoms with Crippen molar-refractivity contribution in [1.82, 2.24) is 0 Å². The Morgan fingerprint density at radius 2 is 1.97 bits per heavy atom. The first kappa shape index (κ1) is 20.1. The Hall–Kier alpha value is -3.68. The molecule has 1 heterocycles. The summed E-state index contributed by atoms with van der Waals surface area (Å²) in [5.41, 5.74) is 0.907. The van der Waals surface area contributed by atoms with E-state index in [0.717, 1.165) is 19.3 Å². The summed E-state index contributed by atoms with van der Waals surface area (Å²) in [6.45, 7) is 2.76. The summed E-state index contributed by atoms with van der Waals surface area (Å²) in [7, 11) is 0. The number of carbonyl (C=O) groups excluding carboxylic acids is 1. The average molecular weight is 396 g/mol. The van der Waals surface area contributed by atoms with Crippen molar-refractivity contribution in [1.29, 1.82) is 0 Å². The van der Waals surface area contributed by atoms with Gasteiger partial charge in [-0.1, -0.05) is 24.9 Å². The molecule has 0 bridgehead atoms. The summed E-state index contributed by atoms with van der Waals surface area (Å²) in [4.78, 5) is 27.3. The van der Waals surface area contributed by atoms with E-state index in [-0.39, 0.29) is 28.3 Å². The lowest BCUT2D eigenvalue weighted by atomic mass is 10.00. The van der Waals surface area contributed by atoms with E-state index in [0.29, 0.717) is 17.9 Å². The van der Waals surface area contributed by atoms with Gasteiger partial charge in [0.2, 0.25) is 0 Å². The lowest BCUT2D eigenvalue weighted by Gasteiger charge is -2.07. The van der Waals surface area contributed by atoms with Crippen LogP contribution in [0, 0.1) is 10.1 Å². The fraction of sp³-hybridized carbons (Fsp3) is 0.238. The van der Waals surface area contributed by atoms with Gasteiger partial charge in [-0.3, -0.25) is 10.1 Å². The highest BCUT2D eigenvalue weighted by atomic mass is 16.7. The lowest BCUT2D eigenvalue weighted by Crippen LogP contribution is -2.07. The number of ether oxygens (including phenoxy) is 1. The highest BCUT2D eigenvalue weighted by Crippen LogP contribution is 2.28. The molecule has 0 saturated heterocycles. The molecule has 29 heavy (non-hydrogen) atoms. The summed E-state index contributed by atoms with van der Waals surface area (Å²) >= 11 is 0. The minimum atomic E-state index is -0.703. The Morgan fingerprint density at radius 1 is 1.21 bits per heavy atom. The first-order chi connectivity index (χ1) is 14.0. The molecule has 0 unspecified atom stereocenters. The molecule has 0 amide bonds. The van der Waals surface area contributed by atoms with E-state index in [1.165, 1.54) is 24.3 Å². The largest absolute Gasteiger partial charge is 0.507 e. The second-order valence-electron chi connectivity index (χ2n) is 6.46. The third kappa shape index (κ3) is 4.78. The second kappa shape index (κ2) is 9.01. The monoisotopic (exact) mass is 396 g/mol. The van der Waals surface area contributed by atoms with E-state index in [9.17, 15) is 20.0 Å². The molecular formula is C21H20N2O6. The number of nitro groups is 1. The van der Waals surface area contributed by atoms with Crippen molar-refractivity contribution in [3.63, 3.8) is 0 Å². The van der Waals surface area contributed by atoms with Crippen LogP contribution in [0.15, 0.2) is 53.2 Å². The summed E-state index contributed by atoms with van der Waals surface area (Å²) in [6.07, 6.45) is 4.52. The van der Waals surface area contributed by atoms with Crippen molar-refractivity contribution in [2.45, 2.75) is 26.2 Å². The third-order valence-electron chi connectivity index (χ3n) is 4.36. The van der Waals surface area contributed by atoms with Gasteiger partial charge in [-0.2, -0.15) is 0 Å². The van der Waals surface area contributed by atoms with Crippen LogP contribution in [0.4, 0.5) is 5.69 Å². The predicted octanol–water partition coefficient (Wildman–Crippen LogP) is 4.21. The topological polar surface area (TPSA) is 111 Å². The van der Waals surface area contributed by atoms with Crippen molar-refractivity contribution in [3.05, 3.63) is 69.3 Å². The molecule has 0 spiro atoms. The molecular weight excluding hydrogens is 376 g/mol. The number of oxime groups is 1. The fourth-order valence-corrected chi connectivity index (χ4v) is 2.80. The Morgan fingerprint density at radius 3 is 2.66 bits per heavy atom. The fourth-order valence-electron chi connectivity index (χ4n) is 2.80. The molecule has 0 fully saturated rings. The quantitative estimate of drug-likeness (QED) is 0.235. The Balaban J connectivity index is 1.83. The standard InChI is InChI=1S/C21H20N2O6/c1-2-3-4-11-28-17-8-5-14(6-9-17)20-18(21(25)29-22-20)13-15-12-16(23(26)27)7-10-19(15)24/h5-10,12-13,24H,2-4,11H2,1H3. The van der Waals surface area contributed by atoms with E-state index in [1.807, 2.05) is 0 Å². The lowest BCUT2D eigenvalue weighted by molar-refractivity contribution is -0.384. The Bertz CT molecular complexity index is 979. The van der Waals surface area contributed by atoms with Crippen LogP contribution in [0.1, 0.15) is 37.3 Å². The maximum atomic E-state index is 12.1. The molecule has 0 radical (unpaired) electrons. The maximum absolute atomic E-state index is 12.1. The number of phenols is 1. The SMILES string of the molecule is CCCCCOc1ccc(C2=NOC(=O)C2=Cc2cc([N+](=O)[O-])ccc2O)cc1.